The Bertz CT molecular complexity index is 270. The summed E-state index contributed by atoms with van der Waals surface area (Å²) in [6.07, 6.45) is 1.21. The second-order valence-electron chi connectivity index (χ2n) is 1.84. The highest BCUT2D eigenvalue weighted by Gasteiger charge is 2.06. The summed E-state index contributed by atoms with van der Waals surface area (Å²) < 4.78 is 0. The van der Waals surface area contributed by atoms with Gasteiger partial charge in [-0.05, 0) is 0 Å². The van der Waals surface area contributed by atoms with Gasteiger partial charge in [0.1, 0.15) is 5.94 Å². The fraction of sp³-hybridized carbons (Fsp3) is 0.143. The average Bonchev–Trinajstić information content (AvgIpc) is 1.96. The molecule has 0 saturated carbocycles. The van der Waals surface area contributed by atoms with Gasteiger partial charge >= 0.3 is 11.9 Å². The normalized spacial score (nSPS) is 10.2. The van der Waals surface area contributed by atoms with Gasteiger partial charge in [-0.1, -0.05) is 0 Å². The summed E-state index contributed by atoms with van der Waals surface area (Å²) in [4.78, 5) is 30.0. The maximum absolute atomic E-state index is 10.3. The molecule has 2 N–H and O–H groups in total. The molecule has 64 valence electrons. The molecule has 0 aromatic rings. The van der Waals surface area contributed by atoms with Crippen LogP contribution in [0.2, 0.25) is 0 Å². The Kier molecular flexibility index (Phi) is 4.11. The van der Waals surface area contributed by atoms with Crippen LogP contribution in [0.5, 0.6) is 0 Å². The first-order valence-electron chi connectivity index (χ1n) is 2.94. The van der Waals surface area contributed by atoms with Crippen LogP contribution in [0, 0.1) is 0 Å². The molecular formula is C7H6O5. The van der Waals surface area contributed by atoms with E-state index in [0.717, 1.165) is 6.08 Å². The van der Waals surface area contributed by atoms with Crippen LogP contribution < -0.4 is 0 Å². The highest BCUT2D eigenvalue weighted by Crippen LogP contribution is 2.00. The van der Waals surface area contributed by atoms with Gasteiger partial charge in [0.25, 0.3) is 0 Å². The third kappa shape index (κ3) is 4.03. The van der Waals surface area contributed by atoms with Crippen LogP contribution in [0.4, 0.5) is 0 Å². The van der Waals surface area contributed by atoms with E-state index in [4.69, 9.17) is 10.2 Å². The molecule has 0 bridgehead atoms. The first-order chi connectivity index (χ1) is 5.57. The quantitative estimate of drug-likeness (QED) is 0.452. The van der Waals surface area contributed by atoms with E-state index in [1.54, 1.807) is 0 Å². The zero-order valence-electron chi connectivity index (χ0n) is 5.98. The van der Waals surface area contributed by atoms with Crippen LogP contribution in [0.3, 0.4) is 0 Å². The van der Waals surface area contributed by atoms with Gasteiger partial charge in [0.2, 0.25) is 0 Å². The predicted molar refractivity (Wildman–Crippen MR) is 38.2 cm³/mol. The van der Waals surface area contributed by atoms with Crippen molar-refractivity contribution in [3.63, 3.8) is 0 Å². The number of rotatable bonds is 4. The third-order valence-electron chi connectivity index (χ3n) is 0.978. The number of carbonyl (C=O) groups excluding carboxylic acids is 1. The maximum Gasteiger partial charge on any atom is 0.332 e. The second-order valence-corrected chi connectivity index (χ2v) is 1.84. The van der Waals surface area contributed by atoms with Gasteiger partial charge in [-0.2, -0.15) is 0 Å². The van der Waals surface area contributed by atoms with Crippen LogP contribution in [-0.2, 0) is 14.4 Å². The summed E-state index contributed by atoms with van der Waals surface area (Å²) in [5.41, 5.74) is -0.356. The summed E-state index contributed by atoms with van der Waals surface area (Å²) >= 11 is 0. The molecule has 0 aromatic heterocycles. The fourth-order valence-electron chi connectivity index (χ4n) is 0.509. The van der Waals surface area contributed by atoms with E-state index in [1.165, 1.54) is 5.94 Å². The molecule has 0 aliphatic heterocycles. The topological polar surface area (TPSA) is 91.7 Å². The standard InChI is InChI=1S/C7H6O5/c8-3-1-2-5(7(11)12)4-6(9)10/h1,4H,2H2,(H,9,10)(H,11,12). The molecule has 0 heterocycles. The Morgan fingerprint density at radius 2 is 1.92 bits per heavy atom. The molecule has 0 aromatic carbocycles. The molecule has 0 radical (unpaired) electrons. The van der Waals surface area contributed by atoms with E-state index in [-0.39, 0.29) is 12.0 Å². The zero-order valence-corrected chi connectivity index (χ0v) is 5.98. The summed E-state index contributed by atoms with van der Waals surface area (Å²) in [6.45, 7) is 0. The average molecular weight is 170 g/mol. The Hall–Kier alpha value is -1.87. The smallest absolute Gasteiger partial charge is 0.332 e. The van der Waals surface area contributed by atoms with E-state index in [0.29, 0.717) is 6.08 Å². The molecule has 12 heavy (non-hydrogen) atoms. The minimum absolute atomic E-state index is 0.231. The summed E-state index contributed by atoms with van der Waals surface area (Å²) in [7, 11) is 0. The number of carboxylic acids is 2. The molecule has 0 atom stereocenters. The third-order valence-corrected chi connectivity index (χ3v) is 0.978. The van der Waals surface area contributed by atoms with Crippen molar-refractivity contribution in [2.24, 2.45) is 0 Å². The fourth-order valence-corrected chi connectivity index (χ4v) is 0.509. The van der Waals surface area contributed by atoms with E-state index in [2.05, 4.69) is 0 Å². The summed E-state index contributed by atoms with van der Waals surface area (Å²) in [5.74, 6) is -1.36. The van der Waals surface area contributed by atoms with E-state index in [1.807, 2.05) is 0 Å². The zero-order chi connectivity index (χ0) is 9.56. The van der Waals surface area contributed by atoms with Crippen LogP contribution in [0.1, 0.15) is 6.42 Å². The van der Waals surface area contributed by atoms with Gasteiger partial charge in [-0.25, -0.2) is 14.4 Å². The molecule has 0 amide bonds. The number of carbonyl (C=O) groups is 2. The first-order valence-corrected chi connectivity index (χ1v) is 2.94. The molecule has 0 spiro atoms. The molecule has 0 aliphatic rings. The molecule has 0 fully saturated rings. The van der Waals surface area contributed by atoms with Gasteiger partial charge in [-0.15, -0.1) is 0 Å². The second kappa shape index (κ2) is 4.87. The van der Waals surface area contributed by atoms with Crippen LogP contribution in [0.25, 0.3) is 0 Å². The lowest BCUT2D eigenvalue weighted by Gasteiger charge is -1.92. The van der Waals surface area contributed by atoms with Gasteiger partial charge in [0.15, 0.2) is 0 Å². The van der Waals surface area contributed by atoms with E-state index in [9.17, 15) is 14.4 Å². The van der Waals surface area contributed by atoms with E-state index < -0.39 is 11.9 Å². The Labute approximate surface area is 67.6 Å². The van der Waals surface area contributed by atoms with Crippen molar-refractivity contribution in [3.05, 3.63) is 17.7 Å². The molecule has 5 heteroatoms. The van der Waals surface area contributed by atoms with Crippen molar-refractivity contribution in [2.45, 2.75) is 6.42 Å². The van der Waals surface area contributed by atoms with Crippen LogP contribution in [-0.4, -0.2) is 28.1 Å². The highest BCUT2D eigenvalue weighted by molar-refractivity contribution is 5.94. The number of hydrogen-bond acceptors (Lipinski definition) is 3. The lowest BCUT2D eigenvalue weighted by atomic mass is 10.2. The monoisotopic (exact) mass is 170 g/mol. The molecule has 0 unspecified atom stereocenters. The summed E-state index contributed by atoms with van der Waals surface area (Å²) in [6, 6.07) is 0. The largest absolute Gasteiger partial charge is 0.478 e. The number of allylic oxidation sites excluding steroid dienone is 1. The first kappa shape index (κ1) is 10.1. The minimum atomic E-state index is -1.36. The van der Waals surface area contributed by atoms with Crippen molar-refractivity contribution in [3.8, 4) is 0 Å². The van der Waals surface area contributed by atoms with Crippen molar-refractivity contribution >= 4 is 17.9 Å². The molecule has 5 nitrogen and oxygen atoms in total. The van der Waals surface area contributed by atoms with Gasteiger partial charge in [0.05, 0.1) is 0 Å². The number of carboxylic acid groups (broad SMARTS) is 2. The Balaban J connectivity index is 4.54. The van der Waals surface area contributed by atoms with Crippen molar-refractivity contribution < 1.29 is 24.6 Å². The van der Waals surface area contributed by atoms with Crippen molar-refractivity contribution in [1.82, 2.24) is 0 Å². The van der Waals surface area contributed by atoms with Gasteiger partial charge < -0.3 is 10.2 Å². The number of aliphatic carboxylic acids is 2. The SMILES string of the molecule is O=C=CCC(=CC(=O)O)C(=O)O. The van der Waals surface area contributed by atoms with E-state index >= 15 is 0 Å². The summed E-state index contributed by atoms with van der Waals surface area (Å²) in [5, 5.41) is 16.5. The molecule has 0 rings (SSSR count). The van der Waals surface area contributed by atoms with Gasteiger partial charge in [0, 0.05) is 24.1 Å². The Morgan fingerprint density at radius 3 is 2.25 bits per heavy atom. The molecular weight excluding hydrogens is 164 g/mol. The van der Waals surface area contributed by atoms with Crippen molar-refractivity contribution in [1.29, 1.82) is 0 Å². The lowest BCUT2D eigenvalue weighted by Crippen LogP contribution is -2.03. The number of hydrogen-bond donors (Lipinski definition) is 2. The Morgan fingerprint density at radius 1 is 1.33 bits per heavy atom. The van der Waals surface area contributed by atoms with Crippen LogP contribution in [0.15, 0.2) is 17.7 Å². The minimum Gasteiger partial charge on any atom is -0.478 e. The molecule has 0 aliphatic carbocycles. The molecule has 0 saturated heterocycles. The highest BCUT2D eigenvalue weighted by atomic mass is 16.4. The van der Waals surface area contributed by atoms with Crippen LogP contribution >= 0.6 is 0 Å². The lowest BCUT2D eigenvalue weighted by molar-refractivity contribution is -0.135. The maximum atomic E-state index is 10.3. The predicted octanol–water partition coefficient (Wildman–Crippen LogP) is -0.140. The van der Waals surface area contributed by atoms with Gasteiger partial charge in [-0.3, -0.25) is 0 Å². The van der Waals surface area contributed by atoms with Crippen molar-refractivity contribution in [2.75, 3.05) is 0 Å².